The van der Waals surface area contributed by atoms with Gasteiger partial charge in [-0.2, -0.15) is 11.3 Å². The van der Waals surface area contributed by atoms with Gasteiger partial charge < -0.3 is 11.1 Å². The predicted octanol–water partition coefficient (Wildman–Crippen LogP) is 3.84. The monoisotopic (exact) mass is 287 g/mol. The van der Waals surface area contributed by atoms with Crippen LogP contribution in [0.4, 0.5) is 5.69 Å². The zero-order chi connectivity index (χ0) is 14.4. The number of hydrogen-bond acceptors (Lipinski definition) is 2. The van der Waals surface area contributed by atoms with Gasteiger partial charge in [-0.1, -0.05) is 26.0 Å². The Bertz CT molecular complexity index is 544. The molecule has 0 aliphatic rings. The molecule has 1 aromatic heterocycles. The molecule has 0 saturated carbocycles. The van der Waals surface area contributed by atoms with Crippen LogP contribution in [0, 0.1) is 0 Å². The summed E-state index contributed by atoms with van der Waals surface area (Å²) in [7, 11) is 0. The molecular formula is C16H21N3S. The Labute approximate surface area is 124 Å². The highest BCUT2D eigenvalue weighted by molar-refractivity contribution is 7.07. The van der Waals surface area contributed by atoms with Gasteiger partial charge in [-0.15, -0.1) is 0 Å². The molecule has 0 bridgehead atoms. The molecular weight excluding hydrogens is 266 g/mol. The van der Waals surface area contributed by atoms with Crippen molar-refractivity contribution in [3.8, 4) is 0 Å². The van der Waals surface area contributed by atoms with Crippen LogP contribution in [0.25, 0.3) is 0 Å². The van der Waals surface area contributed by atoms with Crippen LogP contribution in [-0.2, 0) is 6.42 Å². The Morgan fingerprint density at radius 3 is 2.65 bits per heavy atom. The van der Waals surface area contributed by atoms with E-state index in [1.54, 1.807) is 11.3 Å². The minimum atomic E-state index is 0.393. The molecule has 2 rings (SSSR count). The van der Waals surface area contributed by atoms with Crippen LogP contribution in [-0.4, -0.2) is 12.5 Å². The molecule has 0 spiro atoms. The molecule has 0 saturated heterocycles. The number of benzene rings is 1. The molecule has 1 atom stereocenters. The van der Waals surface area contributed by atoms with Crippen molar-refractivity contribution in [1.82, 2.24) is 0 Å². The summed E-state index contributed by atoms with van der Waals surface area (Å²) in [4.78, 5) is 4.41. The number of nitrogens with zero attached hydrogens (tertiary/aromatic N) is 1. The molecule has 0 radical (unpaired) electrons. The maximum Gasteiger partial charge on any atom is 0.193 e. The van der Waals surface area contributed by atoms with E-state index in [1.165, 1.54) is 11.1 Å². The summed E-state index contributed by atoms with van der Waals surface area (Å²) in [6, 6.07) is 10.4. The van der Waals surface area contributed by atoms with Crippen LogP contribution in [0.5, 0.6) is 0 Å². The van der Waals surface area contributed by atoms with Crippen LogP contribution in [0.15, 0.2) is 46.1 Å². The van der Waals surface area contributed by atoms with Gasteiger partial charge in [0.2, 0.25) is 0 Å². The SMILES string of the molecule is CCc1ccc(NC(N)=NCC(C)c2ccsc2)cc1. The van der Waals surface area contributed by atoms with Gasteiger partial charge in [0, 0.05) is 18.2 Å². The third-order valence-electron chi connectivity index (χ3n) is 3.28. The predicted molar refractivity (Wildman–Crippen MR) is 88.7 cm³/mol. The highest BCUT2D eigenvalue weighted by Crippen LogP contribution is 2.18. The Kier molecular flexibility index (Phi) is 5.18. The van der Waals surface area contributed by atoms with Gasteiger partial charge in [-0.3, -0.25) is 4.99 Å². The second-order valence-electron chi connectivity index (χ2n) is 4.86. The Morgan fingerprint density at radius 2 is 2.05 bits per heavy atom. The molecule has 106 valence electrons. The average molecular weight is 287 g/mol. The fraction of sp³-hybridized carbons (Fsp3) is 0.312. The number of anilines is 1. The lowest BCUT2D eigenvalue weighted by Gasteiger charge is -2.09. The molecule has 2 aromatic rings. The highest BCUT2D eigenvalue weighted by Gasteiger charge is 2.05. The van der Waals surface area contributed by atoms with Crippen molar-refractivity contribution < 1.29 is 0 Å². The van der Waals surface area contributed by atoms with E-state index in [4.69, 9.17) is 5.73 Å². The third kappa shape index (κ3) is 4.10. The molecule has 1 heterocycles. The summed E-state index contributed by atoms with van der Waals surface area (Å²) in [6.07, 6.45) is 1.04. The molecule has 0 aliphatic carbocycles. The zero-order valence-electron chi connectivity index (χ0n) is 12.0. The second-order valence-corrected chi connectivity index (χ2v) is 5.64. The number of nitrogens with two attached hydrogens (primary N) is 1. The lowest BCUT2D eigenvalue weighted by molar-refractivity contribution is 0.778. The Balaban J connectivity index is 1.90. The first kappa shape index (κ1) is 14.6. The summed E-state index contributed by atoms with van der Waals surface area (Å²) in [5, 5.41) is 7.37. The first-order valence-electron chi connectivity index (χ1n) is 6.87. The number of nitrogens with one attached hydrogen (secondary N) is 1. The van der Waals surface area contributed by atoms with Gasteiger partial charge in [-0.05, 0) is 46.5 Å². The minimum absolute atomic E-state index is 0.393. The van der Waals surface area contributed by atoms with E-state index in [9.17, 15) is 0 Å². The van der Waals surface area contributed by atoms with Crippen molar-refractivity contribution in [2.75, 3.05) is 11.9 Å². The molecule has 0 amide bonds. The Morgan fingerprint density at radius 1 is 1.30 bits per heavy atom. The van der Waals surface area contributed by atoms with Gasteiger partial charge in [-0.25, -0.2) is 0 Å². The van der Waals surface area contributed by atoms with Crippen molar-refractivity contribution in [2.24, 2.45) is 10.7 Å². The number of rotatable bonds is 5. The van der Waals surface area contributed by atoms with Gasteiger partial charge >= 0.3 is 0 Å². The molecule has 0 fully saturated rings. The summed E-state index contributed by atoms with van der Waals surface area (Å²) in [5.74, 6) is 0.861. The summed E-state index contributed by atoms with van der Waals surface area (Å²) >= 11 is 1.71. The highest BCUT2D eigenvalue weighted by atomic mass is 32.1. The first-order chi connectivity index (χ1) is 9.69. The maximum atomic E-state index is 5.92. The van der Waals surface area contributed by atoms with Gasteiger partial charge in [0.25, 0.3) is 0 Å². The summed E-state index contributed by atoms with van der Waals surface area (Å²) in [5.41, 5.74) is 9.53. The molecule has 3 nitrogen and oxygen atoms in total. The first-order valence-corrected chi connectivity index (χ1v) is 7.81. The quantitative estimate of drug-likeness (QED) is 0.648. The standard InChI is InChI=1S/C16H21N3S/c1-3-13-4-6-15(7-5-13)19-16(17)18-10-12(2)14-8-9-20-11-14/h4-9,11-12H,3,10H2,1-2H3,(H3,17,18,19). The molecule has 0 aliphatic heterocycles. The van der Waals surface area contributed by atoms with Crippen molar-refractivity contribution in [2.45, 2.75) is 26.2 Å². The number of aryl methyl sites for hydroxylation is 1. The lowest BCUT2D eigenvalue weighted by atomic mass is 10.1. The minimum Gasteiger partial charge on any atom is -0.370 e. The van der Waals surface area contributed by atoms with Gasteiger partial charge in [0.1, 0.15) is 0 Å². The van der Waals surface area contributed by atoms with Crippen LogP contribution in [0.1, 0.15) is 30.9 Å². The van der Waals surface area contributed by atoms with Crippen LogP contribution < -0.4 is 11.1 Å². The second kappa shape index (κ2) is 7.10. The van der Waals surface area contributed by atoms with Crippen molar-refractivity contribution in [1.29, 1.82) is 0 Å². The van der Waals surface area contributed by atoms with E-state index in [1.807, 2.05) is 12.1 Å². The molecule has 3 N–H and O–H groups in total. The normalized spacial score (nSPS) is 13.2. The number of hydrogen-bond donors (Lipinski definition) is 2. The van der Waals surface area contributed by atoms with Crippen molar-refractivity contribution >= 4 is 23.0 Å². The van der Waals surface area contributed by atoms with E-state index in [0.29, 0.717) is 18.4 Å². The molecule has 20 heavy (non-hydrogen) atoms. The van der Waals surface area contributed by atoms with Crippen molar-refractivity contribution in [3.63, 3.8) is 0 Å². The van der Waals surface area contributed by atoms with Crippen LogP contribution in [0.2, 0.25) is 0 Å². The zero-order valence-corrected chi connectivity index (χ0v) is 12.8. The number of guanidine groups is 1. The Hall–Kier alpha value is -1.81. The molecule has 1 unspecified atom stereocenters. The summed E-state index contributed by atoms with van der Waals surface area (Å²) < 4.78 is 0. The third-order valence-corrected chi connectivity index (χ3v) is 3.98. The fourth-order valence-corrected chi connectivity index (χ4v) is 2.69. The fourth-order valence-electron chi connectivity index (χ4n) is 1.91. The van der Waals surface area contributed by atoms with E-state index in [2.05, 4.69) is 53.1 Å². The van der Waals surface area contributed by atoms with E-state index in [-0.39, 0.29) is 0 Å². The van der Waals surface area contributed by atoms with Gasteiger partial charge in [0.05, 0.1) is 0 Å². The topological polar surface area (TPSA) is 50.4 Å². The van der Waals surface area contributed by atoms with E-state index >= 15 is 0 Å². The van der Waals surface area contributed by atoms with E-state index in [0.717, 1.165) is 12.1 Å². The smallest absolute Gasteiger partial charge is 0.193 e. The number of thiophene rings is 1. The largest absolute Gasteiger partial charge is 0.370 e. The van der Waals surface area contributed by atoms with Crippen LogP contribution >= 0.6 is 11.3 Å². The van der Waals surface area contributed by atoms with Crippen LogP contribution in [0.3, 0.4) is 0 Å². The lowest BCUT2D eigenvalue weighted by Crippen LogP contribution is -2.23. The average Bonchev–Trinajstić information content (AvgIpc) is 3.00. The van der Waals surface area contributed by atoms with Crippen molar-refractivity contribution in [3.05, 3.63) is 52.2 Å². The number of aliphatic imine (C=N–C) groups is 1. The molecule has 4 heteroatoms. The summed E-state index contributed by atoms with van der Waals surface area (Å²) in [6.45, 7) is 5.00. The van der Waals surface area contributed by atoms with E-state index < -0.39 is 0 Å². The molecule has 1 aromatic carbocycles. The van der Waals surface area contributed by atoms with Gasteiger partial charge in [0.15, 0.2) is 5.96 Å². The maximum absolute atomic E-state index is 5.92.